The van der Waals surface area contributed by atoms with Crippen molar-refractivity contribution in [2.75, 3.05) is 13.1 Å². The maximum atomic E-state index is 12.9. The maximum absolute atomic E-state index is 12.9. The van der Waals surface area contributed by atoms with Crippen LogP contribution in [-0.2, 0) is 10.0 Å². The van der Waals surface area contributed by atoms with Gasteiger partial charge in [0.15, 0.2) is 5.78 Å². The number of fused-ring (bicyclic) bond motifs is 1. The van der Waals surface area contributed by atoms with Gasteiger partial charge in [-0.05, 0) is 48.6 Å². The zero-order valence-electron chi connectivity index (χ0n) is 16.8. The van der Waals surface area contributed by atoms with Gasteiger partial charge in [0.25, 0.3) is 0 Å². The minimum Gasteiger partial charge on any atom is -0.449 e. The molecule has 4 rings (SSSR count). The van der Waals surface area contributed by atoms with E-state index < -0.39 is 20.6 Å². The first-order valence-corrected chi connectivity index (χ1v) is 11.8. The lowest BCUT2D eigenvalue weighted by molar-refractivity contribution is -0.385. The van der Waals surface area contributed by atoms with Crippen LogP contribution in [0.2, 0.25) is 5.02 Å². The van der Waals surface area contributed by atoms with E-state index in [1.807, 2.05) is 6.92 Å². The fourth-order valence-electron chi connectivity index (χ4n) is 4.17. The van der Waals surface area contributed by atoms with Gasteiger partial charge in [0.05, 0.1) is 15.4 Å². The Morgan fingerprint density at radius 2 is 1.81 bits per heavy atom. The molecule has 0 amide bonds. The number of nitro groups is 1. The third-order valence-electron chi connectivity index (χ3n) is 5.72. The number of benzene rings is 2. The van der Waals surface area contributed by atoms with E-state index in [4.69, 9.17) is 16.3 Å². The zero-order valence-corrected chi connectivity index (χ0v) is 18.4. The quantitative estimate of drug-likeness (QED) is 0.459. The van der Waals surface area contributed by atoms with Crippen molar-refractivity contribution in [3.63, 3.8) is 0 Å². The molecular weight excluding hydrogens is 444 g/mol. The average Bonchev–Trinajstić information content (AvgIpc) is 3.05. The van der Waals surface area contributed by atoms with E-state index in [9.17, 15) is 23.3 Å². The summed E-state index contributed by atoms with van der Waals surface area (Å²) in [4.78, 5) is 23.3. The summed E-state index contributed by atoms with van der Waals surface area (Å²) in [5.41, 5.74) is 0.496. The number of ether oxygens (including phenoxy) is 1. The van der Waals surface area contributed by atoms with Crippen molar-refractivity contribution >= 4 is 33.1 Å². The summed E-state index contributed by atoms with van der Waals surface area (Å²) in [7, 11) is -3.84. The van der Waals surface area contributed by atoms with Gasteiger partial charge in [0.2, 0.25) is 15.8 Å². The van der Waals surface area contributed by atoms with Crippen molar-refractivity contribution < 1.29 is 22.9 Å². The van der Waals surface area contributed by atoms with E-state index in [0.29, 0.717) is 29.2 Å². The van der Waals surface area contributed by atoms with Crippen LogP contribution in [-0.4, -0.2) is 36.5 Å². The molecule has 0 N–H and O–H groups in total. The van der Waals surface area contributed by atoms with Crippen LogP contribution in [0.15, 0.2) is 35.2 Å². The highest BCUT2D eigenvalue weighted by atomic mass is 35.5. The molecule has 1 saturated heterocycles. The first-order chi connectivity index (χ1) is 14.7. The summed E-state index contributed by atoms with van der Waals surface area (Å²) in [6, 6.07) is 6.66. The Kier molecular flexibility index (Phi) is 5.76. The van der Waals surface area contributed by atoms with E-state index in [0.717, 1.165) is 25.3 Å². The molecule has 8 nitrogen and oxygen atoms in total. The maximum Gasteiger partial charge on any atom is 0.312 e. The van der Waals surface area contributed by atoms with Gasteiger partial charge in [-0.3, -0.25) is 14.9 Å². The van der Waals surface area contributed by atoms with Crippen molar-refractivity contribution in [1.82, 2.24) is 4.31 Å². The summed E-state index contributed by atoms with van der Waals surface area (Å²) in [5.74, 6) is -0.194. The van der Waals surface area contributed by atoms with E-state index in [1.54, 1.807) is 6.07 Å². The number of halogens is 1. The molecule has 1 fully saturated rings. The predicted octanol–water partition coefficient (Wildman–Crippen LogP) is 4.91. The van der Waals surface area contributed by atoms with Gasteiger partial charge in [0, 0.05) is 30.6 Å². The summed E-state index contributed by atoms with van der Waals surface area (Å²) in [6.07, 6.45) is 2.76. The van der Waals surface area contributed by atoms with Gasteiger partial charge in [-0.15, -0.1) is 0 Å². The first kappa shape index (κ1) is 21.7. The van der Waals surface area contributed by atoms with Gasteiger partial charge in [0.1, 0.15) is 5.75 Å². The lowest BCUT2D eigenvalue weighted by Gasteiger charge is -2.25. The number of ketones is 1. The molecule has 164 valence electrons. The van der Waals surface area contributed by atoms with Crippen LogP contribution in [0.25, 0.3) is 0 Å². The van der Waals surface area contributed by atoms with Crippen LogP contribution >= 0.6 is 11.6 Å². The molecule has 1 aliphatic carbocycles. The summed E-state index contributed by atoms with van der Waals surface area (Å²) in [5, 5.41) is 12.1. The highest BCUT2D eigenvalue weighted by Gasteiger charge is 2.33. The Morgan fingerprint density at radius 1 is 1.13 bits per heavy atom. The van der Waals surface area contributed by atoms with Crippen molar-refractivity contribution in [2.24, 2.45) is 0 Å². The smallest absolute Gasteiger partial charge is 0.312 e. The van der Waals surface area contributed by atoms with Crippen LogP contribution in [0.3, 0.4) is 0 Å². The fourth-order valence-corrected chi connectivity index (χ4v) is 6.05. The lowest BCUT2D eigenvalue weighted by atomic mass is 10.0. The second-order valence-electron chi connectivity index (χ2n) is 7.82. The van der Waals surface area contributed by atoms with E-state index in [2.05, 4.69) is 0 Å². The molecule has 0 spiro atoms. The topological polar surface area (TPSA) is 107 Å². The minimum atomic E-state index is -3.84. The number of carbonyl (C=O) groups excluding carboxylic acids is 1. The second kappa shape index (κ2) is 8.22. The summed E-state index contributed by atoms with van der Waals surface area (Å²) < 4.78 is 32.9. The number of sulfonamides is 1. The highest BCUT2D eigenvalue weighted by molar-refractivity contribution is 7.89. The number of rotatable bonds is 5. The Balaban J connectivity index is 1.73. The molecule has 0 radical (unpaired) electrons. The van der Waals surface area contributed by atoms with Crippen LogP contribution in [0.1, 0.15) is 54.4 Å². The minimum absolute atomic E-state index is 0.0782. The Labute approximate surface area is 185 Å². The van der Waals surface area contributed by atoms with Crippen molar-refractivity contribution in [3.8, 4) is 11.5 Å². The van der Waals surface area contributed by atoms with E-state index in [-0.39, 0.29) is 34.5 Å². The molecule has 2 aromatic carbocycles. The van der Waals surface area contributed by atoms with Crippen molar-refractivity contribution in [2.45, 2.75) is 43.4 Å². The predicted molar refractivity (Wildman–Crippen MR) is 115 cm³/mol. The number of hydrogen-bond acceptors (Lipinski definition) is 6. The van der Waals surface area contributed by atoms with Gasteiger partial charge in [-0.1, -0.05) is 24.9 Å². The van der Waals surface area contributed by atoms with Crippen molar-refractivity contribution in [3.05, 3.63) is 56.6 Å². The standard InChI is InChI=1S/C21H21ClN2O6S/c1-13-11-17(25)21-19(8-6-15(22)20(13)21)30-18-7-5-14(12-16(18)24(26)27)31(28,29)23-9-3-2-4-10-23/h5-8,12-13H,2-4,9-11H2,1H3/t13-/m1/s1. The third kappa shape index (κ3) is 3.93. The SMILES string of the molecule is C[C@@H]1CC(=O)c2c(Oc3ccc(S(=O)(=O)N4CCCCC4)cc3[N+](=O)[O-])ccc(Cl)c21. The number of nitro benzene ring substituents is 1. The molecule has 0 bridgehead atoms. The molecule has 10 heteroatoms. The van der Waals surface area contributed by atoms with Crippen LogP contribution in [0.5, 0.6) is 11.5 Å². The van der Waals surface area contributed by atoms with E-state index in [1.165, 1.54) is 22.5 Å². The fraction of sp³-hybridized carbons (Fsp3) is 0.381. The molecule has 2 aliphatic rings. The van der Waals surface area contributed by atoms with Gasteiger partial charge < -0.3 is 4.74 Å². The number of hydrogen-bond donors (Lipinski definition) is 0. The Hall–Kier alpha value is -2.49. The van der Waals surface area contributed by atoms with E-state index >= 15 is 0 Å². The molecule has 2 aromatic rings. The summed E-state index contributed by atoms with van der Waals surface area (Å²) >= 11 is 6.24. The lowest BCUT2D eigenvalue weighted by Crippen LogP contribution is -2.35. The van der Waals surface area contributed by atoms with Crippen LogP contribution < -0.4 is 4.74 Å². The molecule has 0 unspecified atom stereocenters. The van der Waals surface area contributed by atoms with Gasteiger partial charge >= 0.3 is 5.69 Å². The Bertz CT molecular complexity index is 1170. The largest absolute Gasteiger partial charge is 0.449 e. The molecule has 1 heterocycles. The zero-order chi connectivity index (χ0) is 22.3. The second-order valence-corrected chi connectivity index (χ2v) is 10.2. The molecule has 0 aromatic heterocycles. The molecular formula is C21H21ClN2O6S. The number of carbonyl (C=O) groups is 1. The van der Waals surface area contributed by atoms with Gasteiger partial charge in [-0.25, -0.2) is 8.42 Å². The number of Topliss-reactive ketones (excluding diaryl/α,β-unsaturated/α-hetero) is 1. The highest BCUT2D eigenvalue weighted by Crippen LogP contribution is 2.44. The average molecular weight is 465 g/mol. The third-order valence-corrected chi connectivity index (χ3v) is 7.94. The number of piperidine rings is 1. The van der Waals surface area contributed by atoms with Crippen LogP contribution in [0.4, 0.5) is 5.69 Å². The molecule has 1 atom stereocenters. The number of nitrogens with zero attached hydrogens (tertiary/aromatic N) is 2. The summed E-state index contributed by atoms with van der Waals surface area (Å²) in [6.45, 7) is 2.67. The first-order valence-electron chi connectivity index (χ1n) is 10.0. The molecule has 1 aliphatic heterocycles. The van der Waals surface area contributed by atoms with Crippen LogP contribution in [0, 0.1) is 10.1 Å². The molecule has 31 heavy (non-hydrogen) atoms. The van der Waals surface area contributed by atoms with Crippen molar-refractivity contribution in [1.29, 1.82) is 0 Å². The molecule has 0 saturated carbocycles. The normalized spacial score (nSPS) is 19.3. The Morgan fingerprint density at radius 3 is 2.48 bits per heavy atom. The van der Waals surface area contributed by atoms with Gasteiger partial charge in [-0.2, -0.15) is 4.31 Å². The monoisotopic (exact) mass is 464 g/mol.